The molecule has 1 atom stereocenters. The van der Waals surface area contributed by atoms with E-state index in [0.717, 1.165) is 16.8 Å². The van der Waals surface area contributed by atoms with Crippen LogP contribution in [0.4, 0.5) is 0 Å². The van der Waals surface area contributed by atoms with Crippen LogP contribution in [0.3, 0.4) is 0 Å². The minimum Gasteiger partial charge on any atom is -0.344 e. The molecule has 0 radical (unpaired) electrons. The standard InChI is InChI=1S/C18H16ClN3O/c1-12(14-9-5-6-10-15(14)19)20-18(23)17-11-16(21-22-17)13-7-3-2-4-8-13/h2-12H,1H3,(H,20,23)(H,21,22). The molecule has 2 N–H and O–H groups in total. The maximum Gasteiger partial charge on any atom is 0.269 e. The van der Waals surface area contributed by atoms with E-state index in [1.165, 1.54) is 0 Å². The molecule has 1 aromatic heterocycles. The van der Waals surface area contributed by atoms with Crippen molar-refractivity contribution >= 4 is 17.5 Å². The zero-order chi connectivity index (χ0) is 16.2. The Kier molecular flexibility index (Phi) is 4.44. The van der Waals surface area contributed by atoms with Gasteiger partial charge in [0.05, 0.1) is 11.7 Å². The monoisotopic (exact) mass is 325 g/mol. The molecular formula is C18H16ClN3O. The Morgan fingerprint density at radius 3 is 2.57 bits per heavy atom. The van der Waals surface area contributed by atoms with Crippen molar-refractivity contribution in [1.82, 2.24) is 15.5 Å². The molecule has 3 rings (SSSR count). The van der Waals surface area contributed by atoms with Crippen LogP contribution in [0.1, 0.15) is 29.0 Å². The fourth-order valence-corrected chi connectivity index (χ4v) is 2.67. The summed E-state index contributed by atoms with van der Waals surface area (Å²) in [5.74, 6) is -0.216. The second kappa shape index (κ2) is 6.67. The molecule has 0 fully saturated rings. The van der Waals surface area contributed by atoms with Gasteiger partial charge in [-0.1, -0.05) is 60.1 Å². The number of nitrogens with one attached hydrogen (secondary N) is 2. The van der Waals surface area contributed by atoms with E-state index in [1.807, 2.05) is 61.5 Å². The van der Waals surface area contributed by atoms with Gasteiger partial charge in [-0.2, -0.15) is 5.10 Å². The molecular weight excluding hydrogens is 310 g/mol. The Morgan fingerprint density at radius 1 is 1.13 bits per heavy atom. The number of rotatable bonds is 4. The molecule has 0 aliphatic carbocycles. The highest BCUT2D eigenvalue weighted by molar-refractivity contribution is 6.31. The Hall–Kier alpha value is -2.59. The number of aromatic nitrogens is 2. The lowest BCUT2D eigenvalue weighted by molar-refractivity contribution is 0.0935. The number of carbonyl (C=O) groups excluding carboxylic acids is 1. The zero-order valence-corrected chi connectivity index (χ0v) is 13.3. The summed E-state index contributed by atoms with van der Waals surface area (Å²) in [6, 6.07) is 18.7. The summed E-state index contributed by atoms with van der Waals surface area (Å²) in [5.41, 5.74) is 3.00. The van der Waals surface area contributed by atoms with Crippen LogP contribution in [0.15, 0.2) is 60.7 Å². The third-order valence-corrected chi connectivity index (χ3v) is 3.96. The van der Waals surface area contributed by atoms with Crippen LogP contribution in [0, 0.1) is 0 Å². The first-order valence-corrected chi connectivity index (χ1v) is 7.69. The summed E-state index contributed by atoms with van der Waals surface area (Å²) in [6.07, 6.45) is 0. The van der Waals surface area contributed by atoms with Crippen LogP contribution < -0.4 is 5.32 Å². The molecule has 3 aromatic rings. The van der Waals surface area contributed by atoms with Gasteiger partial charge in [-0.05, 0) is 24.6 Å². The van der Waals surface area contributed by atoms with E-state index < -0.39 is 0 Å². The number of aromatic amines is 1. The second-order valence-electron chi connectivity index (χ2n) is 5.25. The Labute approximate surface area is 139 Å². The highest BCUT2D eigenvalue weighted by atomic mass is 35.5. The number of hydrogen-bond acceptors (Lipinski definition) is 2. The van der Waals surface area contributed by atoms with Gasteiger partial charge in [-0.3, -0.25) is 9.89 Å². The average Bonchev–Trinajstić information content (AvgIpc) is 3.06. The van der Waals surface area contributed by atoms with Crippen molar-refractivity contribution in [2.75, 3.05) is 0 Å². The van der Waals surface area contributed by atoms with Crippen molar-refractivity contribution in [3.8, 4) is 11.3 Å². The van der Waals surface area contributed by atoms with E-state index in [1.54, 1.807) is 6.07 Å². The number of nitrogens with zero attached hydrogens (tertiary/aromatic N) is 1. The van der Waals surface area contributed by atoms with E-state index in [-0.39, 0.29) is 11.9 Å². The Morgan fingerprint density at radius 2 is 1.83 bits per heavy atom. The SMILES string of the molecule is CC(NC(=O)c1cc(-c2ccccc2)n[nH]1)c1ccccc1Cl. The lowest BCUT2D eigenvalue weighted by Crippen LogP contribution is -2.27. The third-order valence-electron chi connectivity index (χ3n) is 3.61. The largest absolute Gasteiger partial charge is 0.344 e. The summed E-state index contributed by atoms with van der Waals surface area (Å²) >= 11 is 6.16. The molecule has 23 heavy (non-hydrogen) atoms. The van der Waals surface area contributed by atoms with Crippen molar-refractivity contribution in [2.45, 2.75) is 13.0 Å². The molecule has 1 unspecified atom stereocenters. The highest BCUT2D eigenvalue weighted by Gasteiger charge is 2.16. The van der Waals surface area contributed by atoms with Crippen LogP contribution in [0.25, 0.3) is 11.3 Å². The molecule has 0 aliphatic heterocycles. The number of amides is 1. The first kappa shape index (κ1) is 15.3. The molecule has 1 amide bonds. The number of hydrogen-bond donors (Lipinski definition) is 2. The van der Waals surface area contributed by atoms with Gasteiger partial charge in [-0.25, -0.2) is 0 Å². The predicted octanol–water partition coefficient (Wildman–Crippen LogP) is 4.22. The van der Waals surface area contributed by atoms with Gasteiger partial charge in [0, 0.05) is 10.6 Å². The van der Waals surface area contributed by atoms with Crippen molar-refractivity contribution in [1.29, 1.82) is 0 Å². The molecule has 116 valence electrons. The first-order valence-electron chi connectivity index (χ1n) is 7.31. The Balaban J connectivity index is 1.74. The lowest BCUT2D eigenvalue weighted by Gasteiger charge is -2.14. The maximum atomic E-state index is 12.4. The normalized spacial score (nSPS) is 11.9. The van der Waals surface area contributed by atoms with E-state index in [2.05, 4.69) is 15.5 Å². The lowest BCUT2D eigenvalue weighted by atomic mass is 10.1. The number of H-pyrrole nitrogens is 1. The number of carbonyl (C=O) groups is 1. The zero-order valence-electron chi connectivity index (χ0n) is 12.6. The number of benzene rings is 2. The van der Waals surface area contributed by atoms with Crippen molar-refractivity contribution in [2.24, 2.45) is 0 Å². The summed E-state index contributed by atoms with van der Waals surface area (Å²) in [7, 11) is 0. The molecule has 5 heteroatoms. The minimum atomic E-state index is -0.216. The van der Waals surface area contributed by atoms with Gasteiger partial charge in [-0.15, -0.1) is 0 Å². The minimum absolute atomic E-state index is 0.195. The predicted molar refractivity (Wildman–Crippen MR) is 91.4 cm³/mol. The van der Waals surface area contributed by atoms with E-state index in [9.17, 15) is 4.79 Å². The van der Waals surface area contributed by atoms with Crippen LogP contribution >= 0.6 is 11.6 Å². The van der Waals surface area contributed by atoms with Crippen molar-refractivity contribution < 1.29 is 4.79 Å². The van der Waals surface area contributed by atoms with Gasteiger partial charge in [0.25, 0.3) is 5.91 Å². The maximum absolute atomic E-state index is 12.4. The second-order valence-corrected chi connectivity index (χ2v) is 5.66. The summed E-state index contributed by atoms with van der Waals surface area (Å²) in [5, 5.41) is 10.5. The number of halogens is 1. The van der Waals surface area contributed by atoms with Crippen molar-refractivity contribution in [3.63, 3.8) is 0 Å². The quantitative estimate of drug-likeness (QED) is 0.754. The third kappa shape index (κ3) is 3.43. The van der Waals surface area contributed by atoms with Gasteiger partial charge in [0.15, 0.2) is 0 Å². The fraction of sp³-hybridized carbons (Fsp3) is 0.111. The topological polar surface area (TPSA) is 57.8 Å². The summed E-state index contributed by atoms with van der Waals surface area (Å²) in [6.45, 7) is 1.90. The summed E-state index contributed by atoms with van der Waals surface area (Å²) < 4.78 is 0. The van der Waals surface area contributed by atoms with Crippen LogP contribution in [-0.4, -0.2) is 16.1 Å². The summed E-state index contributed by atoms with van der Waals surface area (Å²) in [4.78, 5) is 12.4. The molecule has 0 saturated carbocycles. The van der Waals surface area contributed by atoms with Gasteiger partial charge >= 0.3 is 0 Å². The molecule has 0 spiro atoms. The smallest absolute Gasteiger partial charge is 0.269 e. The molecule has 4 nitrogen and oxygen atoms in total. The van der Waals surface area contributed by atoms with Gasteiger partial charge in [0.2, 0.25) is 0 Å². The van der Waals surface area contributed by atoms with E-state index >= 15 is 0 Å². The van der Waals surface area contributed by atoms with Crippen LogP contribution in [-0.2, 0) is 0 Å². The molecule has 0 saturated heterocycles. The van der Waals surface area contributed by atoms with E-state index in [0.29, 0.717) is 10.7 Å². The first-order chi connectivity index (χ1) is 11.1. The molecule has 2 aromatic carbocycles. The molecule has 1 heterocycles. The average molecular weight is 326 g/mol. The molecule has 0 aliphatic rings. The van der Waals surface area contributed by atoms with Crippen molar-refractivity contribution in [3.05, 3.63) is 76.9 Å². The fourth-order valence-electron chi connectivity index (χ4n) is 2.37. The van der Waals surface area contributed by atoms with E-state index in [4.69, 9.17) is 11.6 Å². The Bertz CT molecular complexity index is 814. The van der Waals surface area contributed by atoms with Gasteiger partial charge < -0.3 is 5.32 Å². The van der Waals surface area contributed by atoms with Crippen LogP contribution in [0.2, 0.25) is 5.02 Å². The van der Waals surface area contributed by atoms with Crippen LogP contribution in [0.5, 0.6) is 0 Å². The highest BCUT2D eigenvalue weighted by Crippen LogP contribution is 2.23. The molecule has 0 bridgehead atoms. The van der Waals surface area contributed by atoms with Gasteiger partial charge in [0.1, 0.15) is 5.69 Å².